The molecule has 0 amide bonds. The first kappa shape index (κ1) is 11.8. The van der Waals surface area contributed by atoms with Crippen LogP contribution >= 0.6 is 22.6 Å². The molecule has 0 aromatic rings. The molecule has 0 radical (unpaired) electrons. The number of rotatable bonds is 1. The molecule has 0 N–H and O–H groups in total. The van der Waals surface area contributed by atoms with Crippen molar-refractivity contribution in [3.8, 4) is 0 Å². The Hall–Kier alpha value is 0.730. The number of halogens is 1. The molecule has 2 unspecified atom stereocenters. The minimum Gasteiger partial charge on any atom is -0.0826 e. The molecule has 1 aliphatic rings. The molecule has 0 saturated heterocycles. The fraction of sp³-hybridized carbons (Fsp3) is 1.00. The third-order valence-electron chi connectivity index (χ3n) is 3.74. The van der Waals surface area contributed by atoms with E-state index in [1.165, 1.54) is 19.3 Å². The summed E-state index contributed by atoms with van der Waals surface area (Å²) in [7, 11) is 0. The van der Waals surface area contributed by atoms with Crippen LogP contribution < -0.4 is 0 Å². The highest BCUT2D eigenvalue weighted by molar-refractivity contribution is 14.1. The van der Waals surface area contributed by atoms with Gasteiger partial charge in [0.1, 0.15) is 0 Å². The standard InChI is InChI=1S/C12H23I/c1-9(2)12(5)7-10(13)6-11(3,4)8-12/h9-10H,6-8H2,1-5H3. The third kappa shape index (κ3) is 2.84. The minimum atomic E-state index is 0.559. The maximum Gasteiger partial charge on any atom is 0.0120 e. The smallest absolute Gasteiger partial charge is 0.0120 e. The van der Waals surface area contributed by atoms with Gasteiger partial charge < -0.3 is 0 Å². The summed E-state index contributed by atoms with van der Waals surface area (Å²) < 4.78 is 0.883. The molecule has 0 aromatic carbocycles. The van der Waals surface area contributed by atoms with Crippen LogP contribution in [0.5, 0.6) is 0 Å². The molecule has 1 rings (SSSR count). The van der Waals surface area contributed by atoms with Crippen molar-refractivity contribution in [1.82, 2.24) is 0 Å². The molecule has 0 aliphatic heterocycles. The average molecular weight is 294 g/mol. The van der Waals surface area contributed by atoms with Crippen LogP contribution in [0.4, 0.5) is 0 Å². The molecule has 1 aliphatic carbocycles. The van der Waals surface area contributed by atoms with Gasteiger partial charge in [0, 0.05) is 3.92 Å². The molecule has 1 saturated carbocycles. The lowest BCUT2D eigenvalue weighted by Crippen LogP contribution is -2.39. The number of alkyl halides is 1. The fourth-order valence-electron chi connectivity index (χ4n) is 2.86. The molecule has 0 nitrogen and oxygen atoms in total. The maximum atomic E-state index is 2.64. The monoisotopic (exact) mass is 294 g/mol. The summed E-state index contributed by atoms with van der Waals surface area (Å²) in [4.78, 5) is 0. The van der Waals surface area contributed by atoms with Crippen LogP contribution in [0.3, 0.4) is 0 Å². The summed E-state index contributed by atoms with van der Waals surface area (Å²) in [6.45, 7) is 12.1. The summed E-state index contributed by atoms with van der Waals surface area (Å²) in [6, 6.07) is 0. The van der Waals surface area contributed by atoms with Crippen molar-refractivity contribution in [2.24, 2.45) is 16.7 Å². The van der Waals surface area contributed by atoms with Gasteiger partial charge in [0.25, 0.3) is 0 Å². The van der Waals surface area contributed by atoms with E-state index in [0.29, 0.717) is 10.8 Å². The summed E-state index contributed by atoms with van der Waals surface area (Å²) in [5.74, 6) is 0.823. The van der Waals surface area contributed by atoms with Crippen LogP contribution in [0.25, 0.3) is 0 Å². The predicted octanol–water partition coefficient (Wildman–Crippen LogP) is 4.66. The molecule has 13 heavy (non-hydrogen) atoms. The highest BCUT2D eigenvalue weighted by atomic mass is 127. The molecule has 1 heteroatoms. The quantitative estimate of drug-likeness (QED) is 0.487. The van der Waals surface area contributed by atoms with Crippen molar-refractivity contribution in [2.45, 2.75) is 57.8 Å². The normalized spacial score (nSPS) is 39.5. The van der Waals surface area contributed by atoms with Gasteiger partial charge >= 0.3 is 0 Å². The van der Waals surface area contributed by atoms with Gasteiger partial charge in [-0.15, -0.1) is 0 Å². The largest absolute Gasteiger partial charge is 0.0826 e. The summed E-state index contributed by atoms with van der Waals surface area (Å²) in [5, 5.41) is 0. The molecule has 78 valence electrons. The molecular formula is C12H23I. The van der Waals surface area contributed by atoms with E-state index in [9.17, 15) is 0 Å². The summed E-state index contributed by atoms with van der Waals surface area (Å²) >= 11 is 2.64. The van der Waals surface area contributed by atoms with E-state index in [1.807, 2.05) is 0 Å². The summed E-state index contributed by atoms with van der Waals surface area (Å²) in [6.07, 6.45) is 4.21. The Balaban J connectivity index is 2.78. The number of hydrogen-bond acceptors (Lipinski definition) is 0. The van der Waals surface area contributed by atoms with Crippen molar-refractivity contribution in [3.63, 3.8) is 0 Å². The lowest BCUT2D eigenvalue weighted by atomic mass is 9.60. The minimum absolute atomic E-state index is 0.559. The van der Waals surface area contributed by atoms with Gasteiger partial charge in [-0.05, 0) is 36.0 Å². The number of hydrogen-bond donors (Lipinski definition) is 0. The van der Waals surface area contributed by atoms with Gasteiger partial charge in [-0.25, -0.2) is 0 Å². The van der Waals surface area contributed by atoms with Crippen molar-refractivity contribution in [1.29, 1.82) is 0 Å². The third-order valence-corrected chi connectivity index (χ3v) is 4.62. The Kier molecular flexibility index (Phi) is 3.37. The van der Waals surface area contributed by atoms with Crippen LogP contribution in [0.1, 0.15) is 53.9 Å². The molecule has 2 atom stereocenters. The second kappa shape index (κ2) is 3.71. The van der Waals surface area contributed by atoms with Crippen LogP contribution in [-0.2, 0) is 0 Å². The van der Waals surface area contributed by atoms with Crippen LogP contribution in [0, 0.1) is 16.7 Å². The van der Waals surface area contributed by atoms with E-state index in [-0.39, 0.29) is 0 Å². The van der Waals surface area contributed by atoms with Gasteiger partial charge in [0.05, 0.1) is 0 Å². The summed E-state index contributed by atoms with van der Waals surface area (Å²) in [5.41, 5.74) is 1.14. The van der Waals surface area contributed by atoms with E-state index in [2.05, 4.69) is 57.2 Å². The fourth-order valence-corrected chi connectivity index (χ4v) is 5.05. The van der Waals surface area contributed by atoms with Crippen molar-refractivity contribution in [2.75, 3.05) is 0 Å². The van der Waals surface area contributed by atoms with Crippen molar-refractivity contribution >= 4 is 22.6 Å². The second-order valence-corrected chi connectivity index (χ2v) is 7.92. The Morgan fingerprint density at radius 3 is 2.08 bits per heavy atom. The lowest BCUT2D eigenvalue weighted by Gasteiger charge is -2.47. The Labute approximate surface area is 97.0 Å². The van der Waals surface area contributed by atoms with E-state index in [4.69, 9.17) is 0 Å². The van der Waals surface area contributed by atoms with E-state index in [0.717, 1.165) is 9.84 Å². The molecule has 1 fully saturated rings. The topological polar surface area (TPSA) is 0 Å². The van der Waals surface area contributed by atoms with Crippen molar-refractivity contribution < 1.29 is 0 Å². The van der Waals surface area contributed by atoms with Crippen LogP contribution in [-0.4, -0.2) is 3.92 Å². The van der Waals surface area contributed by atoms with Gasteiger partial charge in [0.15, 0.2) is 0 Å². The zero-order valence-corrected chi connectivity index (χ0v) is 11.8. The first-order valence-electron chi connectivity index (χ1n) is 5.39. The highest BCUT2D eigenvalue weighted by Gasteiger charge is 2.41. The predicted molar refractivity (Wildman–Crippen MR) is 68.4 cm³/mol. The van der Waals surface area contributed by atoms with E-state index < -0.39 is 0 Å². The van der Waals surface area contributed by atoms with E-state index in [1.54, 1.807) is 0 Å². The van der Waals surface area contributed by atoms with Gasteiger partial charge in [0.2, 0.25) is 0 Å². The Bertz CT molecular complexity index is 184. The Morgan fingerprint density at radius 2 is 1.69 bits per heavy atom. The SMILES string of the molecule is CC(C)C1(C)CC(I)CC(C)(C)C1. The van der Waals surface area contributed by atoms with Gasteiger partial charge in [-0.1, -0.05) is 57.2 Å². The second-order valence-electron chi connectivity index (χ2n) is 6.16. The van der Waals surface area contributed by atoms with Crippen molar-refractivity contribution in [3.05, 3.63) is 0 Å². The molecular weight excluding hydrogens is 271 g/mol. The zero-order chi connectivity index (χ0) is 10.3. The highest BCUT2D eigenvalue weighted by Crippen LogP contribution is 2.51. The average Bonchev–Trinajstić information content (AvgIpc) is 1.79. The first-order chi connectivity index (χ1) is 5.75. The zero-order valence-electron chi connectivity index (χ0n) is 9.65. The first-order valence-corrected chi connectivity index (χ1v) is 6.64. The molecule has 0 heterocycles. The van der Waals surface area contributed by atoms with Crippen LogP contribution in [0.2, 0.25) is 0 Å². The van der Waals surface area contributed by atoms with Crippen LogP contribution in [0.15, 0.2) is 0 Å². The van der Waals surface area contributed by atoms with Gasteiger partial charge in [-0.2, -0.15) is 0 Å². The molecule has 0 bridgehead atoms. The van der Waals surface area contributed by atoms with E-state index >= 15 is 0 Å². The maximum absolute atomic E-state index is 2.64. The Morgan fingerprint density at radius 1 is 1.15 bits per heavy atom. The van der Waals surface area contributed by atoms with Gasteiger partial charge in [-0.3, -0.25) is 0 Å². The molecule has 0 spiro atoms. The molecule has 0 aromatic heterocycles. The lowest BCUT2D eigenvalue weighted by molar-refractivity contribution is 0.0648.